The zero-order valence-corrected chi connectivity index (χ0v) is 15.3. The van der Waals surface area contributed by atoms with Gasteiger partial charge < -0.3 is 20.4 Å². The molecule has 0 radical (unpaired) electrons. The molecule has 0 unspecified atom stereocenters. The Morgan fingerprint density at radius 1 is 0.957 bits per heavy atom. The lowest BCUT2D eigenvalue weighted by atomic mass is 10.1. The summed E-state index contributed by atoms with van der Waals surface area (Å²) in [6.45, 7) is 10.6. The standard InChI is InChI=1S/C18H37N5/c1-3-11-22-14-8-17(9-15-22)21-18(19-2)20-10-16-23-12-6-4-5-7-13-23/h17H,3-16H2,1-2H3,(H2,19,20,21). The van der Waals surface area contributed by atoms with Gasteiger partial charge in [0.15, 0.2) is 5.96 Å². The van der Waals surface area contributed by atoms with Crippen LogP contribution in [-0.2, 0) is 0 Å². The average Bonchev–Trinajstić information content (AvgIpc) is 2.84. The lowest BCUT2D eigenvalue weighted by Gasteiger charge is -2.33. The van der Waals surface area contributed by atoms with E-state index in [1.807, 2.05) is 7.05 Å². The molecule has 2 fully saturated rings. The fourth-order valence-corrected chi connectivity index (χ4v) is 3.70. The SMILES string of the molecule is CCCN1CCC(NC(=NC)NCCN2CCCCCC2)CC1. The average molecular weight is 324 g/mol. The first kappa shape index (κ1) is 18.5. The molecule has 2 heterocycles. The maximum absolute atomic E-state index is 4.40. The fraction of sp³-hybridized carbons (Fsp3) is 0.944. The molecule has 0 spiro atoms. The molecule has 0 bridgehead atoms. The Morgan fingerprint density at radius 3 is 2.22 bits per heavy atom. The summed E-state index contributed by atoms with van der Waals surface area (Å²) in [6.07, 6.45) is 9.26. The molecule has 5 heteroatoms. The van der Waals surface area contributed by atoms with E-state index in [0.717, 1.165) is 19.0 Å². The highest BCUT2D eigenvalue weighted by Crippen LogP contribution is 2.10. The highest BCUT2D eigenvalue weighted by molar-refractivity contribution is 5.79. The minimum Gasteiger partial charge on any atom is -0.355 e. The van der Waals surface area contributed by atoms with Crippen molar-refractivity contribution in [2.45, 2.75) is 57.9 Å². The van der Waals surface area contributed by atoms with Gasteiger partial charge in [-0.3, -0.25) is 4.99 Å². The van der Waals surface area contributed by atoms with Crippen molar-refractivity contribution in [1.82, 2.24) is 20.4 Å². The molecule has 134 valence electrons. The molecule has 2 rings (SSSR count). The normalized spacial score (nSPS) is 22.8. The Hall–Kier alpha value is -0.810. The predicted molar refractivity (Wildman–Crippen MR) is 99.2 cm³/mol. The summed E-state index contributed by atoms with van der Waals surface area (Å²) in [6, 6.07) is 0.576. The van der Waals surface area contributed by atoms with Gasteiger partial charge in [0.1, 0.15) is 0 Å². The molecule has 0 amide bonds. The van der Waals surface area contributed by atoms with Crippen LogP contribution in [-0.4, -0.2) is 74.7 Å². The van der Waals surface area contributed by atoms with Crippen LogP contribution in [0.4, 0.5) is 0 Å². The predicted octanol–water partition coefficient (Wildman–Crippen LogP) is 1.90. The number of nitrogens with zero attached hydrogens (tertiary/aromatic N) is 3. The summed E-state index contributed by atoms with van der Waals surface area (Å²) in [7, 11) is 1.88. The van der Waals surface area contributed by atoms with Gasteiger partial charge in [0.2, 0.25) is 0 Å². The molecule has 0 saturated carbocycles. The number of rotatable bonds is 6. The summed E-state index contributed by atoms with van der Waals surface area (Å²) in [4.78, 5) is 9.57. The number of piperidine rings is 1. The van der Waals surface area contributed by atoms with Crippen LogP contribution in [0.5, 0.6) is 0 Å². The second-order valence-corrected chi connectivity index (χ2v) is 7.02. The smallest absolute Gasteiger partial charge is 0.191 e. The van der Waals surface area contributed by atoms with Crippen molar-refractivity contribution in [3.05, 3.63) is 0 Å². The minimum absolute atomic E-state index is 0.576. The van der Waals surface area contributed by atoms with Crippen LogP contribution in [0.3, 0.4) is 0 Å². The zero-order valence-electron chi connectivity index (χ0n) is 15.3. The Morgan fingerprint density at radius 2 is 1.61 bits per heavy atom. The van der Waals surface area contributed by atoms with Crippen molar-refractivity contribution in [3.63, 3.8) is 0 Å². The van der Waals surface area contributed by atoms with Crippen LogP contribution in [0.2, 0.25) is 0 Å². The summed E-state index contributed by atoms with van der Waals surface area (Å²) in [5.41, 5.74) is 0. The van der Waals surface area contributed by atoms with Gasteiger partial charge >= 0.3 is 0 Å². The molecule has 23 heavy (non-hydrogen) atoms. The number of likely N-dealkylation sites (tertiary alicyclic amines) is 2. The molecule has 2 aliphatic heterocycles. The lowest BCUT2D eigenvalue weighted by molar-refractivity contribution is 0.206. The van der Waals surface area contributed by atoms with E-state index >= 15 is 0 Å². The van der Waals surface area contributed by atoms with Gasteiger partial charge in [-0.15, -0.1) is 0 Å². The molecule has 0 aliphatic carbocycles. The zero-order chi connectivity index (χ0) is 16.3. The Balaban J connectivity index is 1.61. The van der Waals surface area contributed by atoms with E-state index in [1.165, 1.54) is 77.7 Å². The van der Waals surface area contributed by atoms with Crippen molar-refractivity contribution in [2.75, 3.05) is 52.9 Å². The van der Waals surface area contributed by atoms with Gasteiger partial charge in [-0.2, -0.15) is 0 Å². The van der Waals surface area contributed by atoms with E-state index in [2.05, 4.69) is 32.3 Å². The number of aliphatic imine (C=N–C) groups is 1. The molecule has 0 aromatic rings. The largest absolute Gasteiger partial charge is 0.355 e. The molecule has 2 aliphatic rings. The highest BCUT2D eigenvalue weighted by atomic mass is 15.2. The fourth-order valence-electron chi connectivity index (χ4n) is 3.70. The van der Waals surface area contributed by atoms with E-state index in [-0.39, 0.29) is 0 Å². The van der Waals surface area contributed by atoms with Crippen LogP contribution in [0, 0.1) is 0 Å². The van der Waals surface area contributed by atoms with E-state index in [1.54, 1.807) is 0 Å². The number of hydrogen-bond donors (Lipinski definition) is 2. The molecular weight excluding hydrogens is 286 g/mol. The van der Waals surface area contributed by atoms with Crippen LogP contribution in [0.15, 0.2) is 4.99 Å². The first-order valence-electron chi connectivity index (χ1n) is 9.73. The quantitative estimate of drug-likeness (QED) is 0.579. The first-order chi connectivity index (χ1) is 11.3. The van der Waals surface area contributed by atoms with E-state index in [9.17, 15) is 0 Å². The lowest BCUT2D eigenvalue weighted by Crippen LogP contribution is -2.49. The second kappa shape index (κ2) is 10.9. The first-order valence-corrected chi connectivity index (χ1v) is 9.73. The van der Waals surface area contributed by atoms with Crippen LogP contribution in [0.1, 0.15) is 51.9 Å². The molecule has 0 atom stereocenters. The number of nitrogens with one attached hydrogen (secondary N) is 2. The van der Waals surface area contributed by atoms with Gasteiger partial charge in [-0.05, 0) is 51.7 Å². The molecule has 0 aromatic heterocycles. The maximum atomic E-state index is 4.40. The number of guanidine groups is 1. The van der Waals surface area contributed by atoms with Crippen LogP contribution in [0.25, 0.3) is 0 Å². The minimum atomic E-state index is 0.576. The Kier molecular flexibility index (Phi) is 8.76. The van der Waals surface area contributed by atoms with Gasteiger partial charge in [0.25, 0.3) is 0 Å². The van der Waals surface area contributed by atoms with E-state index < -0.39 is 0 Å². The van der Waals surface area contributed by atoms with E-state index in [4.69, 9.17) is 0 Å². The highest BCUT2D eigenvalue weighted by Gasteiger charge is 2.19. The molecule has 5 nitrogen and oxygen atoms in total. The third kappa shape index (κ3) is 7.08. The summed E-state index contributed by atoms with van der Waals surface area (Å²) < 4.78 is 0. The van der Waals surface area contributed by atoms with Crippen molar-refractivity contribution >= 4 is 5.96 Å². The van der Waals surface area contributed by atoms with Crippen molar-refractivity contribution in [3.8, 4) is 0 Å². The molecular formula is C18H37N5. The van der Waals surface area contributed by atoms with E-state index in [0.29, 0.717) is 6.04 Å². The summed E-state index contributed by atoms with van der Waals surface area (Å²) in [5, 5.41) is 7.12. The molecule has 0 aromatic carbocycles. The maximum Gasteiger partial charge on any atom is 0.191 e. The van der Waals surface area contributed by atoms with Gasteiger partial charge in [0.05, 0.1) is 0 Å². The van der Waals surface area contributed by atoms with Crippen LogP contribution < -0.4 is 10.6 Å². The summed E-state index contributed by atoms with van der Waals surface area (Å²) >= 11 is 0. The number of hydrogen-bond acceptors (Lipinski definition) is 3. The van der Waals surface area contributed by atoms with Gasteiger partial charge in [-0.1, -0.05) is 19.8 Å². The van der Waals surface area contributed by atoms with Crippen molar-refractivity contribution in [2.24, 2.45) is 4.99 Å². The molecule has 2 saturated heterocycles. The molecule has 2 N–H and O–H groups in total. The monoisotopic (exact) mass is 323 g/mol. The van der Waals surface area contributed by atoms with Crippen LogP contribution >= 0.6 is 0 Å². The van der Waals surface area contributed by atoms with Crippen molar-refractivity contribution < 1.29 is 0 Å². The Bertz CT molecular complexity index is 328. The van der Waals surface area contributed by atoms with Crippen molar-refractivity contribution in [1.29, 1.82) is 0 Å². The third-order valence-electron chi connectivity index (χ3n) is 5.11. The topological polar surface area (TPSA) is 42.9 Å². The Labute approximate surface area is 142 Å². The second-order valence-electron chi connectivity index (χ2n) is 7.02. The summed E-state index contributed by atoms with van der Waals surface area (Å²) in [5.74, 6) is 0.980. The third-order valence-corrected chi connectivity index (χ3v) is 5.11. The van der Waals surface area contributed by atoms with Gasteiger partial charge in [-0.25, -0.2) is 0 Å². The van der Waals surface area contributed by atoms with Gasteiger partial charge in [0, 0.05) is 39.3 Å².